The number of aryl methyl sites for hydroxylation is 1. The predicted molar refractivity (Wildman–Crippen MR) is 83.3 cm³/mol. The van der Waals surface area contributed by atoms with Crippen LogP contribution in [0.1, 0.15) is 37.2 Å². The molecule has 0 spiro atoms. The SMILES string of the molecule is CCn1ccc(CSc2nnc(C3CCNCC3)n2C)n1. The quantitative estimate of drug-likeness (QED) is 0.854. The molecule has 2 aromatic heterocycles. The summed E-state index contributed by atoms with van der Waals surface area (Å²) < 4.78 is 4.10. The molecule has 114 valence electrons. The van der Waals surface area contributed by atoms with Crippen LogP contribution in [0.3, 0.4) is 0 Å². The standard InChI is InChI=1S/C14H22N6S/c1-3-20-9-6-12(18-20)10-21-14-17-16-13(19(14)2)11-4-7-15-8-5-11/h6,9,11,15H,3-5,7-8,10H2,1-2H3. The zero-order chi connectivity index (χ0) is 14.7. The van der Waals surface area contributed by atoms with Gasteiger partial charge in [-0.1, -0.05) is 11.8 Å². The van der Waals surface area contributed by atoms with Gasteiger partial charge in [-0.3, -0.25) is 4.68 Å². The minimum atomic E-state index is 0.539. The Kier molecular flexibility index (Phi) is 4.60. The average Bonchev–Trinajstić information content (AvgIpc) is 3.13. The van der Waals surface area contributed by atoms with Crippen LogP contribution in [0.25, 0.3) is 0 Å². The van der Waals surface area contributed by atoms with Crippen molar-refractivity contribution in [3.63, 3.8) is 0 Å². The van der Waals surface area contributed by atoms with Gasteiger partial charge in [0, 0.05) is 31.5 Å². The Morgan fingerprint density at radius 1 is 1.33 bits per heavy atom. The number of rotatable bonds is 5. The molecule has 2 aromatic rings. The number of aromatic nitrogens is 5. The Balaban J connectivity index is 1.64. The fourth-order valence-corrected chi connectivity index (χ4v) is 3.50. The van der Waals surface area contributed by atoms with E-state index < -0.39 is 0 Å². The van der Waals surface area contributed by atoms with E-state index in [9.17, 15) is 0 Å². The Labute approximate surface area is 129 Å². The van der Waals surface area contributed by atoms with E-state index >= 15 is 0 Å². The Morgan fingerprint density at radius 3 is 2.86 bits per heavy atom. The van der Waals surface area contributed by atoms with Crippen molar-refractivity contribution < 1.29 is 0 Å². The topological polar surface area (TPSA) is 60.6 Å². The molecule has 1 saturated heterocycles. The first-order valence-electron chi connectivity index (χ1n) is 7.53. The van der Waals surface area contributed by atoms with Crippen molar-refractivity contribution in [2.75, 3.05) is 13.1 Å². The molecule has 7 heteroatoms. The lowest BCUT2D eigenvalue weighted by atomic mass is 9.97. The van der Waals surface area contributed by atoms with E-state index in [1.807, 2.05) is 10.9 Å². The molecule has 3 rings (SSSR count). The first kappa shape index (κ1) is 14.6. The molecular formula is C14H22N6S. The van der Waals surface area contributed by atoms with Crippen LogP contribution in [0.2, 0.25) is 0 Å². The molecule has 3 heterocycles. The third kappa shape index (κ3) is 3.29. The molecule has 0 aliphatic carbocycles. The van der Waals surface area contributed by atoms with Gasteiger partial charge in [0.2, 0.25) is 0 Å². The van der Waals surface area contributed by atoms with Gasteiger partial charge in [-0.15, -0.1) is 10.2 Å². The molecule has 0 radical (unpaired) electrons. The second kappa shape index (κ2) is 6.62. The molecule has 21 heavy (non-hydrogen) atoms. The lowest BCUT2D eigenvalue weighted by Crippen LogP contribution is -2.27. The van der Waals surface area contributed by atoms with E-state index in [4.69, 9.17) is 0 Å². The van der Waals surface area contributed by atoms with E-state index in [1.165, 1.54) is 0 Å². The summed E-state index contributed by atoms with van der Waals surface area (Å²) in [6.07, 6.45) is 4.32. The summed E-state index contributed by atoms with van der Waals surface area (Å²) in [5.41, 5.74) is 1.09. The van der Waals surface area contributed by atoms with Crippen molar-refractivity contribution >= 4 is 11.8 Å². The van der Waals surface area contributed by atoms with Crippen molar-refractivity contribution in [1.29, 1.82) is 0 Å². The monoisotopic (exact) mass is 306 g/mol. The number of hydrogen-bond donors (Lipinski definition) is 1. The fourth-order valence-electron chi connectivity index (χ4n) is 2.68. The maximum atomic E-state index is 4.50. The molecule has 0 aromatic carbocycles. The summed E-state index contributed by atoms with van der Waals surface area (Å²) >= 11 is 1.71. The highest BCUT2D eigenvalue weighted by atomic mass is 32.2. The maximum Gasteiger partial charge on any atom is 0.191 e. The molecule has 1 aliphatic heterocycles. The van der Waals surface area contributed by atoms with Gasteiger partial charge >= 0.3 is 0 Å². The highest BCUT2D eigenvalue weighted by molar-refractivity contribution is 7.98. The van der Waals surface area contributed by atoms with Crippen molar-refractivity contribution in [3.8, 4) is 0 Å². The van der Waals surface area contributed by atoms with Gasteiger partial charge in [-0.25, -0.2) is 0 Å². The maximum absolute atomic E-state index is 4.50. The second-order valence-electron chi connectivity index (χ2n) is 5.38. The van der Waals surface area contributed by atoms with Crippen molar-refractivity contribution in [3.05, 3.63) is 23.8 Å². The van der Waals surface area contributed by atoms with Crippen LogP contribution < -0.4 is 5.32 Å². The number of thioether (sulfide) groups is 1. The number of nitrogens with zero attached hydrogens (tertiary/aromatic N) is 5. The zero-order valence-electron chi connectivity index (χ0n) is 12.6. The second-order valence-corrected chi connectivity index (χ2v) is 6.32. The highest BCUT2D eigenvalue weighted by Gasteiger charge is 2.21. The van der Waals surface area contributed by atoms with Crippen LogP contribution in [0, 0.1) is 0 Å². The molecule has 0 saturated carbocycles. The summed E-state index contributed by atoms with van der Waals surface area (Å²) in [5.74, 6) is 2.50. The Bertz CT molecular complexity index is 584. The van der Waals surface area contributed by atoms with Gasteiger partial charge in [0.15, 0.2) is 5.16 Å². The summed E-state index contributed by atoms with van der Waals surface area (Å²) in [4.78, 5) is 0. The average molecular weight is 306 g/mol. The molecule has 1 N–H and O–H groups in total. The molecule has 0 atom stereocenters. The minimum absolute atomic E-state index is 0.539. The van der Waals surface area contributed by atoms with Gasteiger partial charge in [0.25, 0.3) is 0 Å². The van der Waals surface area contributed by atoms with E-state index in [0.717, 1.165) is 54.9 Å². The van der Waals surface area contributed by atoms with E-state index in [1.54, 1.807) is 11.8 Å². The number of hydrogen-bond acceptors (Lipinski definition) is 5. The molecule has 0 unspecified atom stereocenters. The summed E-state index contributed by atoms with van der Waals surface area (Å²) in [6.45, 7) is 5.16. The lowest BCUT2D eigenvalue weighted by molar-refractivity contribution is 0.434. The van der Waals surface area contributed by atoms with Crippen LogP contribution in [0.4, 0.5) is 0 Å². The molecule has 0 amide bonds. The summed E-state index contributed by atoms with van der Waals surface area (Å²) in [5, 5.41) is 17.6. The van der Waals surface area contributed by atoms with Crippen LogP contribution in [-0.4, -0.2) is 37.6 Å². The van der Waals surface area contributed by atoms with E-state index in [0.29, 0.717) is 5.92 Å². The van der Waals surface area contributed by atoms with Gasteiger partial charge < -0.3 is 9.88 Å². The predicted octanol–water partition coefficient (Wildman–Crippen LogP) is 1.79. The van der Waals surface area contributed by atoms with Crippen molar-refractivity contribution in [1.82, 2.24) is 29.9 Å². The van der Waals surface area contributed by atoms with Gasteiger partial charge in [-0.2, -0.15) is 5.10 Å². The third-order valence-electron chi connectivity index (χ3n) is 3.94. The fraction of sp³-hybridized carbons (Fsp3) is 0.643. The highest BCUT2D eigenvalue weighted by Crippen LogP contribution is 2.27. The minimum Gasteiger partial charge on any atom is -0.317 e. The zero-order valence-corrected chi connectivity index (χ0v) is 13.4. The number of piperidine rings is 1. The third-order valence-corrected chi connectivity index (χ3v) is 5.00. The van der Waals surface area contributed by atoms with Crippen LogP contribution in [0.5, 0.6) is 0 Å². The van der Waals surface area contributed by atoms with Crippen molar-refractivity contribution in [2.45, 2.75) is 43.1 Å². The number of nitrogens with one attached hydrogen (secondary N) is 1. The molecule has 0 bridgehead atoms. The first-order valence-corrected chi connectivity index (χ1v) is 8.51. The molecule has 1 fully saturated rings. The van der Waals surface area contributed by atoms with Gasteiger partial charge in [0.1, 0.15) is 5.82 Å². The van der Waals surface area contributed by atoms with Crippen LogP contribution in [0.15, 0.2) is 17.4 Å². The van der Waals surface area contributed by atoms with E-state index in [2.05, 4.69) is 45.2 Å². The molecular weight excluding hydrogens is 284 g/mol. The molecule has 6 nitrogen and oxygen atoms in total. The van der Waals surface area contributed by atoms with Crippen LogP contribution in [-0.2, 0) is 19.3 Å². The normalized spacial score (nSPS) is 16.5. The van der Waals surface area contributed by atoms with Gasteiger partial charge in [0.05, 0.1) is 5.69 Å². The lowest BCUT2D eigenvalue weighted by Gasteiger charge is -2.21. The smallest absolute Gasteiger partial charge is 0.191 e. The largest absolute Gasteiger partial charge is 0.317 e. The van der Waals surface area contributed by atoms with Gasteiger partial charge in [-0.05, 0) is 38.9 Å². The van der Waals surface area contributed by atoms with Crippen molar-refractivity contribution in [2.24, 2.45) is 7.05 Å². The Morgan fingerprint density at radius 2 is 2.14 bits per heavy atom. The molecule has 1 aliphatic rings. The first-order chi connectivity index (χ1) is 10.3. The summed E-state index contributed by atoms with van der Waals surface area (Å²) in [7, 11) is 2.07. The van der Waals surface area contributed by atoms with E-state index in [-0.39, 0.29) is 0 Å². The Hall–Kier alpha value is -1.34. The van der Waals surface area contributed by atoms with Crippen LogP contribution >= 0.6 is 11.8 Å². The summed E-state index contributed by atoms with van der Waals surface area (Å²) in [6, 6.07) is 2.07.